The molecule has 136 valence electrons. The highest BCUT2D eigenvalue weighted by molar-refractivity contribution is 5.99. The van der Waals surface area contributed by atoms with Gasteiger partial charge in [0.2, 0.25) is 0 Å². The highest BCUT2D eigenvalue weighted by Gasteiger charge is 2.26. The number of amides is 1. The summed E-state index contributed by atoms with van der Waals surface area (Å²) in [5, 5.41) is 0. The number of rotatable bonds is 3. The van der Waals surface area contributed by atoms with E-state index in [2.05, 4.69) is 36.2 Å². The molecule has 1 saturated heterocycles. The number of piperidine rings is 1. The summed E-state index contributed by atoms with van der Waals surface area (Å²) in [6.07, 6.45) is 1.95. The number of nitrogens with zero attached hydrogens (tertiary/aromatic N) is 2. The van der Waals surface area contributed by atoms with Crippen molar-refractivity contribution < 1.29 is 4.79 Å². The molecule has 0 unspecified atom stereocenters. The lowest BCUT2D eigenvalue weighted by molar-refractivity contribution is 0.0714. The first kappa shape index (κ1) is 21.1. The normalized spacial score (nSPS) is 14.2. The van der Waals surface area contributed by atoms with Crippen LogP contribution in [0.4, 0.5) is 11.4 Å². The molecule has 0 bridgehead atoms. The number of benzene rings is 2. The number of anilines is 2. The van der Waals surface area contributed by atoms with Gasteiger partial charge < -0.3 is 15.5 Å². The van der Waals surface area contributed by atoms with E-state index in [1.54, 1.807) is 12.1 Å². The van der Waals surface area contributed by atoms with E-state index in [4.69, 9.17) is 5.73 Å². The molecule has 6 heteroatoms. The molecular weight excluding hydrogens is 357 g/mol. The van der Waals surface area contributed by atoms with Gasteiger partial charge in [-0.1, -0.05) is 30.3 Å². The van der Waals surface area contributed by atoms with E-state index in [0.717, 1.165) is 25.9 Å². The predicted molar refractivity (Wildman–Crippen MR) is 109 cm³/mol. The second-order valence-electron chi connectivity index (χ2n) is 6.06. The van der Waals surface area contributed by atoms with Gasteiger partial charge in [-0.2, -0.15) is 0 Å². The number of halogens is 2. The van der Waals surface area contributed by atoms with Gasteiger partial charge in [0.25, 0.3) is 5.91 Å². The average molecular weight is 382 g/mol. The summed E-state index contributed by atoms with van der Waals surface area (Å²) in [5.74, 6) is 0.0453. The number of para-hydroxylation sites is 2. The van der Waals surface area contributed by atoms with Gasteiger partial charge in [0.15, 0.2) is 0 Å². The number of hydrogen-bond acceptors (Lipinski definition) is 3. The quantitative estimate of drug-likeness (QED) is 0.821. The molecule has 2 aromatic rings. The fraction of sp³-hybridized carbons (Fsp3) is 0.316. The highest BCUT2D eigenvalue weighted by Crippen LogP contribution is 2.23. The van der Waals surface area contributed by atoms with E-state index < -0.39 is 0 Å². The summed E-state index contributed by atoms with van der Waals surface area (Å²) < 4.78 is 0. The molecule has 3 rings (SSSR count). The van der Waals surface area contributed by atoms with Gasteiger partial charge in [-0.3, -0.25) is 4.79 Å². The third kappa shape index (κ3) is 4.80. The van der Waals surface area contributed by atoms with Crippen LogP contribution in [-0.4, -0.2) is 37.0 Å². The molecule has 1 amide bonds. The predicted octanol–water partition coefficient (Wildman–Crippen LogP) is 3.85. The second-order valence-corrected chi connectivity index (χ2v) is 6.06. The van der Waals surface area contributed by atoms with Crippen LogP contribution in [0, 0.1) is 0 Å². The van der Waals surface area contributed by atoms with Crippen molar-refractivity contribution in [3.63, 3.8) is 0 Å². The molecule has 1 aliphatic rings. The Labute approximate surface area is 161 Å². The van der Waals surface area contributed by atoms with Crippen LogP contribution < -0.4 is 10.6 Å². The molecule has 1 fully saturated rings. The molecule has 0 spiro atoms. The van der Waals surface area contributed by atoms with Gasteiger partial charge >= 0.3 is 0 Å². The molecule has 1 aliphatic heterocycles. The van der Waals surface area contributed by atoms with Crippen LogP contribution in [0.15, 0.2) is 54.6 Å². The topological polar surface area (TPSA) is 49.6 Å². The van der Waals surface area contributed by atoms with Crippen LogP contribution in [0.3, 0.4) is 0 Å². The Hall–Kier alpha value is -1.91. The zero-order valence-electron chi connectivity index (χ0n) is 14.3. The van der Waals surface area contributed by atoms with E-state index in [-0.39, 0.29) is 30.7 Å². The number of hydrogen-bond donors (Lipinski definition) is 1. The first-order valence-corrected chi connectivity index (χ1v) is 8.08. The fourth-order valence-electron chi connectivity index (χ4n) is 3.19. The largest absolute Gasteiger partial charge is 0.398 e. The first-order valence-electron chi connectivity index (χ1n) is 8.08. The lowest BCUT2D eigenvalue weighted by Crippen LogP contribution is -2.45. The molecule has 1 heterocycles. The van der Waals surface area contributed by atoms with Gasteiger partial charge in [-0.15, -0.1) is 24.8 Å². The molecule has 0 aliphatic carbocycles. The fourth-order valence-corrected chi connectivity index (χ4v) is 3.19. The van der Waals surface area contributed by atoms with Crippen LogP contribution in [-0.2, 0) is 0 Å². The van der Waals surface area contributed by atoms with Crippen LogP contribution in [0.5, 0.6) is 0 Å². The van der Waals surface area contributed by atoms with Crippen LogP contribution >= 0.6 is 24.8 Å². The Bertz CT molecular complexity index is 673. The molecule has 2 aromatic carbocycles. The molecule has 0 saturated carbocycles. The van der Waals surface area contributed by atoms with Crippen LogP contribution in [0.25, 0.3) is 0 Å². The second kappa shape index (κ2) is 9.54. The minimum absolute atomic E-state index is 0. The summed E-state index contributed by atoms with van der Waals surface area (Å²) >= 11 is 0. The SMILES string of the molecule is CN(c1ccccc1)C1CCN(C(=O)c2ccccc2N)CC1.Cl.Cl. The lowest BCUT2D eigenvalue weighted by atomic mass is 10.0. The minimum Gasteiger partial charge on any atom is -0.398 e. The third-order valence-corrected chi connectivity index (χ3v) is 4.65. The minimum atomic E-state index is 0. The van der Waals surface area contributed by atoms with Crippen molar-refractivity contribution in [3.8, 4) is 0 Å². The summed E-state index contributed by atoms with van der Waals surface area (Å²) in [4.78, 5) is 16.8. The molecule has 0 aromatic heterocycles. The van der Waals surface area contributed by atoms with Gasteiger partial charge in [-0.05, 0) is 37.1 Å². The number of nitrogens with two attached hydrogens (primary N) is 1. The third-order valence-electron chi connectivity index (χ3n) is 4.65. The van der Waals surface area contributed by atoms with Crippen LogP contribution in [0.1, 0.15) is 23.2 Å². The van der Waals surface area contributed by atoms with E-state index in [0.29, 0.717) is 17.3 Å². The van der Waals surface area contributed by atoms with Gasteiger partial charge in [-0.25, -0.2) is 0 Å². The molecule has 4 nitrogen and oxygen atoms in total. The lowest BCUT2D eigenvalue weighted by Gasteiger charge is -2.38. The molecule has 25 heavy (non-hydrogen) atoms. The Morgan fingerprint density at radius 2 is 1.56 bits per heavy atom. The summed E-state index contributed by atoms with van der Waals surface area (Å²) in [6, 6.07) is 18.2. The van der Waals surface area contributed by atoms with Crippen molar-refractivity contribution in [3.05, 3.63) is 60.2 Å². The Morgan fingerprint density at radius 3 is 2.16 bits per heavy atom. The summed E-state index contributed by atoms with van der Waals surface area (Å²) in [6.45, 7) is 1.55. The monoisotopic (exact) mass is 381 g/mol. The number of carbonyl (C=O) groups excluding carboxylic acids is 1. The van der Waals surface area contributed by atoms with E-state index in [1.807, 2.05) is 23.1 Å². The number of carbonyl (C=O) groups is 1. The maximum atomic E-state index is 12.6. The maximum absolute atomic E-state index is 12.6. The van der Waals surface area contributed by atoms with Crippen LogP contribution in [0.2, 0.25) is 0 Å². The van der Waals surface area contributed by atoms with E-state index in [9.17, 15) is 4.79 Å². The molecule has 0 radical (unpaired) electrons. The zero-order valence-corrected chi connectivity index (χ0v) is 15.9. The van der Waals surface area contributed by atoms with Gasteiger partial charge in [0.1, 0.15) is 0 Å². The van der Waals surface area contributed by atoms with Gasteiger partial charge in [0.05, 0.1) is 5.56 Å². The van der Waals surface area contributed by atoms with Crippen molar-refractivity contribution in [2.45, 2.75) is 18.9 Å². The van der Waals surface area contributed by atoms with E-state index >= 15 is 0 Å². The molecular formula is C19H25Cl2N3O. The smallest absolute Gasteiger partial charge is 0.255 e. The number of likely N-dealkylation sites (tertiary alicyclic amines) is 1. The Kier molecular flexibility index (Phi) is 8.07. The standard InChI is InChI=1S/C19H23N3O.2ClH/c1-21(15-7-3-2-4-8-15)16-11-13-22(14-12-16)19(23)17-9-5-6-10-18(17)20;;/h2-10,16H,11-14,20H2,1H3;2*1H. The van der Waals surface area contributed by atoms with Gasteiger partial charge in [0, 0.05) is 37.6 Å². The summed E-state index contributed by atoms with van der Waals surface area (Å²) in [7, 11) is 2.13. The Balaban J connectivity index is 0.00000156. The molecule has 2 N–H and O–H groups in total. The molecule has 0 atom stereocenters. The van der Waals surface area contributed by atoms with E-state index in [1.165, 1.54) is 5.69 Å². The van der Waals surface area contributed by atoms with Crippen molar-refractivity contribution in [2.75, 3.05) is 30.8 Å². The maximum Gasteiger partial charge on any atom is 0.255 e. The van der Waals surface area contributed by atoms with Crippen molar-refractivity contribution in [1.82, 2.24) is 4.90 Å². The number of nitrogen functional groups attached to an aromatic ring is 1. The average Bonchev–Trinajstić information content (AvgIpc) is 2.62. The summed E-state index contributed by atoms with van der Waals surface area (Å²) in [5.41, 5.74) is 8.32. The Morgan fingerprint density at radius 1 is 1.00 bits per heavy atom. The first-order chi connectivity index (χ1) is 11.2. The van der Waals surface area contributed by atoms with Crippen molar-refractivity contribution in [2.24, 2.45) is 0 Å². The highest BCUT2D eigenvalue weighted by atomic mass is 35.5. The van der Waals surface area contributed by atoms with Crippen molar-refractivity contribution in [1.29, 1.82) is 0 Å². The van der Waals surface area contributed by atoms with Crippen molar-refractivity contribution >= 4 is 42.1 Å². The zero-order chi connectivity index (χ0) is 16.2.